The molecule has 0 amide bonds. The Labute approximate surface area is 135 Å². The summed E-state index contributed by atoms with van der Waals surface area (Å²) in [4.78, 5) is 0. The van der Waals surface area contributed by atoms with E-state index < -0.39 is 0 Å². The van der Waals surface area contributed by atoms with Crippen molar-refractivity contribution in [2.75, 3.05) is 13.2 Å². The molecule has 0 aliphatic carbocycles. The van der Waals surface area contributed by atoms with E-state index in [1.807, 2.05) is 48.5 Å². The van der Waals surface area contributed by atoms with Gasteiger partial charge in [-0.25, -0.2) is 4.68 Å². The van der Waals surface area contributed by atoms with Crippen molar-refractivity contribution in [3.63, 3.8) is 0 Å². The van der Waals surface area contributed by atoms with Crippen molar-refractivity contribution >= 4 is 15.9 Å². The van der Waals surface area contributed by atoms with Gasteiger partial charge in [0.1, 0.15) is 31.0 Å². The van der Waals surface area contributed by atoms with Gasteiger partial charge in [-0.05, 0) is 46.8 Å². The molecule has 3 rings (SSSR count). The first-order valence-electron chi connectivity index (χ1n) is 6.66. The van der Waals surface area contributed by atoms with E-state index in [1.165, 1.54) is 6.33 Å². The van der Waals surface area contributed by atoms with Crippen LogP contribution in [0.5, 0.6) is 11.5 Å². The van der Waals surface area contributed by atoms with Gasteiger partial charge in [-0.3, -0.25) is 0 Å². The number of hydrogen-bond acceptors (Lipinski definition) is 5. The fourth-order valence-electron chi connectivity index (χ4n) is 1.85. The van der Waals surface area contributed by atoms with Crippen LogP contribution in [0.3, 0.4) is 0 Å². The Hall–Kier alpha value is -2.41. The molecule has 0 saturated carbocycles. The molecule has 0 aliphatic rings. The summed E-state index contributed by atoms with van der Waals surface area (Å²) in [5.41, 5.74) is 0.844. The summed E-state index contributed by atoms with van der Waals surface area (Å²) in [5.74, 6) is 1.56. The fraction of sp³-hybridized carbons (Fsp3) is 0.133. The van der Waals surface area contributed by atoms with E-state index >= 15 is 0 Å². The molecule has 22 heavy (non-hydrogen) atoms. The minimum Gasteiger partial charge on any atom is -0.490 e. The average Bonchev–Trinajstić information content (AvgIpc) is 3.08. The van der Waals surface area contributed by atoms with E-state index in [0.717, 1.165) is 21.7 Å². The van der Waals surface area contributed by atoms with Gasteiger partial charge in [-0.15, -0.1) is 5.10 Å². The van der Waals surface area contributed by atoms with Crippen LogP contribution in [0.2, 0.25) is 0 Å². The van der Waals surface area contributed by atoms with Gasteiger partial charge in [0.05, 0.1) is 5.69 Å². The number of aromatic nitrogens is 4. The molecule has 0 unspecified atom stereocenters. The number of halogens is 1. The van der Waals surface area contributed by atoms with Crippen molar-refractivity contribution in [3.8, 4) is 17.2 Å². The van der Waals surface area contributed by atoms with Crippen LogP contribution in [0.15, 0.2) is 59.3 Å². The smallest absolute Gasteiger partial charge is 0.143 e. The van der Waals surface area contributed by atoms with Crippen molar-refractivity contribution < 1.29 is 9.47 Å². The molecular weight excluding hydrogens is 348 g/mol. The summed E-state index contributed by atoms with van der Waals surface area (Å²) in [7, 11) is 0. The van der Waals surface area contributed by atoms with Gasteiger partial charge in [0.2, 0.25) is 0 Å². The molecule has 0 bridgehead atoms. The number of tetrazole rings is 1. The predicted molar refractivity (Wildman–Crippen MR) is 84.3 cm³/mol. The molecule has 0 atom stereocenters. The normalized spacial score (nSPS) is 10.4. The summed E-state index contributed by atoms with van der Waals surface area (Å²) in [6.07, 6.45) is 1.54. The summed E-state index contributed by atoms with van der Waals surface area (Å²) in [6.45, 7) is 0.922. The molecule has 0 saturated heterocycles. The zero-order chi connectivity index (χ0) is 15.2. The third kappa shape index (κ3) is 3.82. The predicted octanol–water partition coefficient (Wildman–Crippen LogP) is 2.88. The molecule has 1 aromatic heterocycles. The van der Waals surface area contributed by atoms with Gasteiger partial charge in [-0.2, -0.15) is 0 Å². The number of rotatable bonds is 6. The Bertz CT molecular complexity index is 717. The third-order valence-corrected chi connectivity index (χ3v) is 3.39. The highest BCUT2D eigenvalue weighted by Crippen LogP contribution is 2.17. The van der Waals surface area contributed by atoms with Crippen LogP contribution >= 0.6 is 15.9 Å². The maximum Gasteiger partial charge on any atom is 0.143 e. The van der Waals surface area contributed by atoms with Crippen LogP contribution in [-0.4, -0.2) is 33.4 Å². The Morgan fingerprint density at radius 3 is 2.45 bits per heavy atom. The molecular formula is C15H13BrN4O2. The van der Waals surface area contributed by atoms with Crippen LogP contribution in [0.25, 0.3) is 5.69 Å². The van der Waals surface area contributed by atoms with Crippen molar-refractivity contribution in [2.45, 2.75) is 0 Å². The number of benzene rings is 2. The molecule has 6 nitrogen and oxygen atoms in total. The molecule has 3 aromatic rings. The van der Waals surface area contributed by atoms with E-state index in [0.29, 0.717) is 13.2 Å². The molecule has 1 heterocycles. The van der Waals surface area contributed by atoms with Gasteiger partial charge < -0.3 is 9.47 Å². The lowest BCUT2D eigenvalue weighted by Crippen LogP contribution is -2.09. The van der Waals surface area contributed by atoms with Gasteiger partial charge in [0.25, 0.3) is 0 Å². The van der Waals surface area contributed by atoms with Gasteiger partial charge in [0.15, 0.2) is 0 Å². The second kappa shape index (κ2) is 7.04. The van der Waals surface area contributed by atoms with Crippen molar-refractivity contribution in [2.24, 2.45) is 0 Å². The largest absolute Gasteiger partial charge is 0.490 e. The lowest BCUT2D eigenvalue weighted by atomic mass is 10.3. The maximum absolute atomic E-state index is 5.67. The quantitative estimate of drug-likeness (QED) is 0.632. The Morgan fingerprint density at radius 1 is 0.955 bits per heavy atom. The second-order valence-electron chi connectivity index (χ2n) is 4.40. The molecule has 2 aromatic carbocycles. The minimum absolute atomic E-state index is 0.453. The second-order valence-corrected chi connectivity index (χ2v) is 5.32. The van der Waals surface area contributed by atoms with Crippen LogP contribution < -0.4 is 9.47 Å². The van der Waals surface area contributed by atoms with Crippen LogP contribution in [-0.2, 0) is 0 Å². The standard InChI is InChI=1S/C15H13BrN4O2/c16-12-4-6-14(7-5-12)21-8-9-22-15-3-1-2-13(10-15)20-11-17-18-19-20/h1-7,10-11H,8-9H2. The first-order chi connectivity index (χ1) is 10.8. The lowest BCUT2D eigenvalue weighted by Gasteiger charge is -2.09. The topological polar surface area (TPSA) is 62.1 Å². The van der Waals surface area contributed by atoms with Gasteiger partial charge in [0, 0.05) is 10.5 Å². The Kier molecular flexibility index (Phi) is 4.65. The highest BCUT2D eigenvalue weighted by Gasteiger charge is 2.01. The van der Waals surface area contributed by atoms with E-state index in [4.69, 9.17) is 9.47 Å². The van der Waals surface area contributed by atoms with E-state index in [-0.39, 0.29) is 0 Å². The lowest BCUT2D eigenvalue weighted by molar-refractivity contribution is 0.217. The molecule has 0 spiro atoms. The summed E-state index contributed by atoms with van der Waals surface area (Å²) in [6, 6.07) is 15.2. The van der Waals surface area contributed by atoms with Crippen molar-refractivity contribution in [1.29, 1.82) is 0 Å². The van der Waals surface area contributed by atoms with E-state index in [9.17, 15) is 0 Å². The first-order valence-corrected chi connectivity index (χ1v) is 7.45. The Balaban J connectivity index is 1.51. The highest BCUT2D eigenvalue weighted by atomic mass is 79.9. The average molecular weight is 361 g/mol. The number of nitrogens with zero attached hydrogens (tertiary/aromatic N) is 4. The summed E-state index contributed by atoms with van der Waals surface area (Å²) >= 11 is 3.38. The SMILES string of the molecule is Brc1ccc(OCCOc2cccc(-n3cnnn3)c2)cc1. The molecule has 112 valence electrons. The van der Waals surface area contributed by atoms with Gasteiger partial charge in [-0.1, -0.05) is 22.0 Å². The maximum atomic E-state index is 5.67. The molecule has 0 aliphatic heterocycles. The van der Waals surface area contributed by atoms with Gasteiger partial charge >= 0.3 is 0 Å². The zero-order valence-electron chi connectivity index (χ0n) is 11.6. The van der Waals surface area contributed by atoms with Crippen LogP contribution in [0.1, 0.15) is 0 Å². The number of ether oxygens (including phenoxy) is 2. The van der Waals surface area contributed by atoms with E-state index in [2.05, 4.69) is 31.5 Å². The Morgan fingerprint density at radius 2 is 1.73 bits per heavy atom. The molecule has 0 radical (unpaired) electrons. The molecule has 0 fully saturated rings. The van der Waals surface area contributed by atoms with Crippen LogP contribution in [0.4, 0.5) is 0 Å². The zero-order valence-corrected chi connectivity index (χ0v) is 13.2. The minimum atomic E-state index is 0.453. The molecule has 0 N–H and O–H groups in total. The highest BCUT2D eigenvalue weighted by molar-refractivity contribution is 9.10. The number of hydrogen-bond donors (Lipinski definition) is 0. The summed E-state index contributed by atoms with van der Waals surface area (Å²) < 4.78 is 13.9. The monoisotopic (exact) mass is 360 g/mol. The first kappa shape index (κ1) is 14.5. The molecule has 7 heteroatoms. The fourth-order valence-corrected chi connectivity index (χ4v) is 2.11. The van der Waals surface area contributed by atoms with E-state index in [1.54, 1.807) is 4.68 Å². The van der Waals surface area contributed by atoms with Crippen LogP contribution in [0, 0.1) is 0 Å². The van der Waals surface area contributed by atoms with Crippen molar-refractivity contribution in [3.05, 3.63) is 59.3 Å². The third-order valence-electron chi connectivity index (χ3n) is 2.87. The van der Waals surface area contributed by atoms with Crippen molar-refractivity contribution in [1.82, 2.24) is 20.2 Å². The summed E-state index contributed by atoms with van der Waals surface area (Å²) in [5, 5.41) is 11.1.